The maximum Gasteiger partial charge on any atom is 0.279 e. The monoisotopic (exact) mass is 433 g/mol. The van der Waals surface area contributed by atoms with Gasteiger partial charge in [0.15, 0.2) is 10.0 Å². The molecular weight excluding hydrogens is 418 g/mol. The minimum atomic E-state index is -0.380. The van der Waals surface area contributed by atoms with Crippen LogP contribution in [0.3, 0.4) is 0 Å². The van der Waals surface area contributed by atoms with Crippen LogP contribution in [0.4, 0.5) is 5.13 Å². The molecule has 0 saturated heterocycles. The Labute approximate surface area is 180 Å². The van der Waals surface area contributed by atoms with Gasteiger partial charge in [0.2, 0.25) is 5.13 Å². The van der Waals surface area contributed by atoms with Crippen molar-refractivity contribution in [2.75, 3.05) is 5.32 Å². The number of anilines is 1. The molecule has 148 valence electrons. The van der Waals surface area contributed by atoms with Crippen molar-refractivity contribution >= 4 is 34.1 Å². The van der Waals surface area contributed by atoms with Gasteiger partial charge in [0, 0.05) is 5.75 Å². The van der Waals surface area contributed by atoms with Crippen molar-refractivity contribution in [1.82, 2.24) is 25.2 Å². The Morgan fingerprint density at radius 3 is 2.63 bits per heavy atom. The summed E-state index contributed by atoms with van der Waals surface area (Å²) >= 11 is 2.81. The van der Waals surface area contributed by atoms with Crippen molar-refractivity contribution in [2.45, 2.75) is 16.6 Å². The van der Waals surface area contributed by atoms with E-state index in [1.54, 1.807) is 23.0 Å². The Morgan fingerprint density at radius 1 is 1.07 bits per heavy atom. The fourth-order valence-corrected chi connectivity index (χ4v) is 4.25. The van der Waals surface area contributed by atoms with Gasteiger partial charge in [-0.3, -0.25) is 10.1 Å². The summed E-state index contributed by atoms with van der Waals surface area (Å²) in [5.74, 6) is 0.316. The van der Waals surface area contributed by atoms with E-state index in [1.807, 2.05) is 42.5 Å². The number of nitrogens with zero attached hydrogens (tertiary/aromatic N) is 6. The van der Waals surface area contributed by atoms with Crippen LogP contribution in [0.1, 0.15) is 27.2 Å². The Bertz CT molecular complexity index is 1180. The van der Waals surface area contributed by atoms with Crippen LogP contribution in [-0.2, 0) is 12.3 Å². The summed E-state index contributed by atoms with van der Waals surface area (Å²) in [6.07, 6.45) is 1.60. The van der Waals surface area contributed by atoms with E-state index in [2.05, 4.69) is 31.9 Å². The van der Waals surface area contributed by atoms with E-state index in [0.29, 0.717) is 23.0 Å². The largest absolute Gasteiger partial charge is 0.295 e. The summed E-state index contributed by atoms with van der Waals surface area (Å²) in [6.45, 7) is 0.538. The third-order valence-corrected chi connectivity index (χ3v) is 6.07. The van der Waals surface area contributed by atoms with Gasteiger partial charge in [-0.05, 0) is 23.3 Å². The highest BCUT2D eigenvalue weighted by molar-refractivity contribution is 8.00. The molecule has 0 fully saturated rings. The number of carbonyl (C=O) groups excluding carboxylic acids is 1. The topological polar surface area (TPSA) is 109 Å². The molecule has 2 heterocycles. The van der Waals surface area contributed by atoms with Crippen LogP contribution in [0, 0.1) is 11.3 Å². The smallest absolute Gasteiger partial charge is 0.279 e. The highest BCUT2D eigenvalue weighted by atomic mass is 32.2. The van der Waals surface area contributed by atoms with Crippen LogP contribution in [0.15, 0.2) is 65.1 Å². The average molecular weight is 434 g/mol. The summed E-state index contributed by atoms with van der Waals surface area (Å²) in [4.78, 5) is 12.4. The zero-order valence-electron chi connectivity index (χ0n) is 15.6. The molecular formula is C20H15N7OS2. The van der Waals surface area contributed by atoms with E-state index >= 15 is 0 Å². The highest BCUT2D eigenvalue weighted by Crippen LogP contribution is 2.28. The fourth-order valence-electron chi connectivity index (χ4n) is 2.55. The molecule has 0 saturated carbocycles. The lowest BCUT2D eigenvalue weighted by molar-refractivity contribution is 0.102. The molecule has 10 heteroatoms. The van der Waals surface area contributed by atoms with Crippen molar-refractivity contribution < 1.29 is 4.79 Å². The summed E-state index contributed by atoms with van der Waals surface area (Å²) in [5.41, 5.74) is 3.00. The first kappa shape index (κ1) is 19.8. The molecule has 0 atom stereocenters. The molecule has 0 aliphatic carbocycles. The zero-order chi connectivity index (χ0) is 20.8. The molecule has 2 aromatic carbocycles. The summed E-state index contributed by atoms with van der Waals surface area (Å²) < 4.78 is 2.35. The van der Waals surface area contributed by atoms with Crippen molar-refractivity contribution in [3.8, 4) is 6.07 Å². The van der Waals surface area contributed by atoms with Crippen LogP contribution >= 0.6 is 23.1 Å². The van der Waals surface area contributed by atoms with Crippen LogP contribution in [0.25, 0.3) is 0 Å². The van der Waals surface area contributed by atoms with Crippen LogP contribution < -0.4 is 5.32 Å². The molecule has 0 aliphatic heterocycles. The second kappa shape index (κ2) is 9.30. The number of benzene rings is 2. The van der Waals surface area contributed by atoms with Crippen LogP contribution in [-0.4, -0.2) is 31.1 Å². The van der Waals surface area contributed by atoms with Gasteiger partial charge in [0.25, 0.3) is 5.91 Å². The van der Waals surface area contributed by atoms with Crippen LogP contribution in [0.2, 0.25) is 0 Å². The molecule has 8 nitrogen and oxygen atoms in total. The summed E-state index contributed by atoms with van der Waals surface area (Å²) in [5, 5.41) is 28.0. The second-order valence-corrected chi connectivity index (χ2v) is 8.41. The van der Waals surface area contributed by atoms with Gasteiger partial charge < -0.3 is 0 Å². The summed E-state index contributed by atoms with van der Waals surface area (Å²) in [6, 6.07) is 19.3. The van der Waals surface area contributed by atoms with Crippen molar-refractivity contribution in [3.63, 3.8) is 0 Å². The SMILES string of the molecule is N#Cc1ccc(CSc2nnc(NC(=O)c3cn(Cc4ccccc4)nn3)s2)cc1. The van der Waals surface area contributed by atoms with Crippen molar-refractivity contribution in [2.24, 2.45) is 0 Å². The lowest BCUT2D eigenvalue weighted by Crippen LogP contribution is -2.12. The minimum Gasteiger partial charge on any atom is -0.295 e. The van der Waals surface area contributed by atoms with Gasteiger partial charge in [-0.2, -0.15) is 5.26 Å². The number of amides is 1. The van der Waals surface area contributed by atoms with E-state index in [4.69, 9.17) is 5.26 Å². The molecule has 1 amide bonds. The first-order valence-electron chi connectivity index (χ1n) is 8.90. The van der Waals surface area contributed by atoms with E-state index in [1.165, 1.54) is 23.1 Å². The van der Waals surface area contributed by atoms with Crippen molar-refractivity contribution in [1.29, 1.82) is 5.26 Å². The number of nitrogens with one attached hydrogen (secondary N) is 1. The lowest BCUT2D eigenvalue weighted by atomic mass is 10.2. The number of hydrogen-bond acceptors (Lipinski definition) is 8. The van der Waals surface area contributed by atoms with E-state index in [0.717, 1.165) is 15.5 Å². The lowest BCUT2D eigenvalue weighted by Gasteiger charge is -1.99. The zero-order valence-corrected chi connectivity index (χ0v) is 17.2. The van der Waals surface area contributed by atoms with Gasteiger partial charge in [0.05, 0.1) is 24.4 Å². The third-order valence-electron chi connectivity index (χ3n) is 4.03. The van der Waals surface area contributed by atoms with Crippen LogP contribution in [0.5, 0.6) is 0 Å². The average Bonchev–Trinajstić information content (AvgIpc) is 3.43. The summed E-state index contributed by atoms with van der Waals surface area (Å²) in [7, 11) is 0. The number of rotatable bonds is 7. The second-order valence-electron chi connectivity index (χ2n) is 6.21. The fraction of sp³-hybridized carbons (Fsp3) is 0.100. The number of carbonyl (C=O) groups is 1. The Hall–Kier alpha value is -3.55. The molecule has 0 spiro atoms. The molecule has 4 rings (SSSR count). The first-order chi connectivity index (χ1) is 14.7. The van der Waals surface area contributed by atoms with Gasteiger partial charge in [-0.1, -0.05) is 70.8 Å². The van der Waals surface area contributed by atoms with Crippen molar-refractivity contribution in [3.05, 3.63) is 83.2 Å². The molecule has 0 unspecified atom stereocenters. The molecule has 4 aromatic rings. The Morgan fingerprint density at radius 2 is 1.87 bits per heavy atom. The van der Waals surface area contributed by atoms with Gasteiger partial charge >= 0.3 is 0 Å². The van der Waals surface area contributed by atoms with E-state index in [-0.39, 0.29) is 11.6 Å². The molecule has 30 heavy (non-hydrogen) atoms. The standard InChI is InChI=1S/C20H15N7OS2/c21-10-14-6-8-16(9-7-14)13-29-20-25-24-19(30-20)22-18(28)17-12-27(26-23-17)11-15-4-2-1-3-5-15/h1-9,12H,11,13H2,(H,22,24,28). The normalized spacial score (nSPS) is 10.5. The Kier molecular flexibility index (Phi) is 6.12. The number of thioether (sulfide) groups is 1. The van der Waals surface area contributed by atoms with E-state index in [9.17, 15) is 4.79 Å². The first-order valence-corrected chi connectivity index (χ1v) is 10.7. The molecule has 0 radical (unpaired) electrons. The minimum absolute atomic E-state index is 0.216. The molecule has 1 N–H and O–H groups in total. The predicted octanol–water partition coefficient (Wildman–Crippen LogP) is 3.59. The maximum atomic E-state index is 12.4. The molecule has 2 aromatic heterocycles. The molecule has 0 aliphatic rings. The maximum absolute atomic E-state index is 12.4. The quantitative estimate of drug-likeness (QED) is 0.350. The van der Waals surface area contributed by atoms with Gasteiger partial charge in [0.1, 0.15) is 0 Å². The predicted molar refractivity (Wildman–Crippen MR) is 114 cm³/mol. The number of nitriles is 1. The number of aromatic nitrogens is 5. The molecule has 0 bridgehead atoms. The third kappa shape index (κ3) is 5.08. The van der Waals surface area contributed by atoms with E-state index < -0.39 is 0 Å². The van der Waals surface area contributed by atoms with Gasteiger partial charge in [-0.15, -0.1) is 15.3 Å². The highest BCUT2D eigenvalue weighted by Gasteiger charge is 2.14. The van der Waals surface area contributed by atoms with Gasteiger partial charge in [-0.25, -0.2) is 4.68 Å². The number of hydrogen-bond donors (Lipinski definition) is 1. The Balaban J connectivity index is 1.32.